The van der Waals surface area contributed by atoms with E-state index in [1.54, 1.807) is 43.3 Å². The van der Waals surface area contributed by atoms with Gasteiger partial charge >= 0.3 is 0 Å². The maximum atomic E-state index is 12.0. The summed E-state index contributed by atoms with van der Waals surface area (Å²) in [6.07, 6.45) is 0. The SMILES string of the molecule is Cc1cc(OCC(=O)NCC(C)NC(=O)COc2ccc(Cl)c(C)c2)ccc1Cl. The number of rotatable bonds is 9. The number of benzene rings is 2. The van der Waals surface area contributed by atoms with Gasteiger partial charge in [0.1, 0.15) is 11.5 Å². The third-order valence-electron chi connectivity index (χ3n) is 4.01. The van der Waals surface area contributed by atoms with Crippen LogP contribution in [0.25, 0.3) is 0 Å². The lowest BCUT2D eigenvalue weighted by molar-refractivity contribution is -0.125. The van der Waals surface area contributed by atoms with Crippen molar-refractivity contribution in [1.82, 2.24) is 10.6 Å². The molecule has 0 aliphatic rings. The summed E-state index contributed by atoms with van der Waals surface area (Å²) < 4.78 is 10.9. The predicted molar refractivity (Wildman–Crippen MR) is 114 cm³/mol. The van der Waals surface area contributed by atoms with Gasteiger partial charge < -0.3 is 20.1 Å². The maximum Gasteiger partial charge on any atom is 0.258 e. The van der Waals surface area contributed by atoms with Crippen LogP contribution in [0.1, 0.15) is 18.1 Å². The molecule has 0 radical (unpaired) electrons. The third-order valence-corrected chi connectivity index (χ3v) is 4.86. The minimum Gasteiger partial charge on any atom is -0.484 e. The Morgan fingerprint density at radius 1 is 0.897 bits per heavy atom. The van der Waals surface area contributed by atoms with Gasteiger partial charge in [-0.05, 0) is 68.3 Å². The molecule has 0 aliphatic carbocycles. The standard InChI is InChI=1S/C21H24Cl2N2O4/c1-13-8-16(4-6-18(13)22)28-11-20(26)24-10-15(3)25-21(27)12-29-17-5-7-19(23)14(2)9-17/h4-9,15H,10-12H2,1-3H3,(H,24,26)(H,25,27). The molecule has 0 aromatic heterocycles. The Bertz CT molecular complexity index is 874. The van der Waals surface area contributed by atoms with E-state index in [0.717, 1.165) is 11.1 Å². The second-order valence-corrected chi connectivity index (χ2v) is 7.49. The lowest BCUT2D eigenvalue weighted by atomic mass is 10.2. The Morgan fingerprint density at radius 3 is 1.86 bits per heavy atom. The highest BCUT2D eigenvalue weighted by molar-refractivity contribution is 6.31. The molecule has 0 saturated heterocycles. The lowest BCUT2D eigenvalue weighted by Gasteiger charge is -2.15. The van der Waals surface area contributed by atoms with Crippen molar-refractivity contribution in [1.29, 1.82) is 0 Å². The largest absolute Gasteiger partial charge is 0.484 e. The van der Waals surface area contributed by atoms with E-state index in [4.69, 9.17) is 32.7 Å². The van der Waals surface area contributed by atoms with E-state index in [9.17, 15) is 9.59 Å². The van der Waals surface area contributed by atoms with Crippen molar-refractivity contribution in [3.63, 3.8) is 0 Å². The molecule has 2 N–H and O–H groups in total. The summed E-state index contributed by atoms with van der Waals surface area (Å²) in [4.78, 5) is 23.9. The van der Waals surface area contributed by atoms with Crippen molar-refractivity contribution in [2.45, 2.75) is 26.8 Å². The van der Waals surface area contributed by atoms with E-state index in [-0.39, 0.29) is 37.6 Å². The average Bonchev–Trinajstić information content (AvgIpc) is 2.68. The molecule has 1 atom stereocenters. The van der Waals surface area contributed by atoms with Crippen LogP contribution in [0.3, 0.4) is 0 Å². The zero-order chi connectivity index (χ0) is 21.4. The van der Waals surface area contributed by atoms with Crippen molar-refractivity contribution in [2.75, 3.05) is 19.8 Å². The van der Waals surface area contributed by atoms with Crippen LogP contribution in [0.2, 0.25) is 10.0 Å². The first-order valence-corrected chi connectivity index (χ1v) is 9.84. The van der Waals surface area contributed by atoms with Gasteiger partial charge in [0.25, 0.3) is 11.8 Å². The van der Waals surface area contributed by atoms with Gasteiger partial charge in [0.05, 0.1) is 0 Å². The molecule has 0 spiro atoms. The molecule has 0 bridgehead atoms. The summed E-state index contributed by atoms with van der Waals surface area (Å²) >= 11 is 11.9. The Morgan fingerprint density at radius 2 is 1.38 bits per heavy atom. The van der Waals surface area contributed by atoms with Gasteiger partial charge in [-0.2, -0.15) is 0 Å². The molecule has 0 saturated carbocycles. The molecule has 156 valence electrons. The number of hydrogen-bond donors (Lipinski definition) is 2. The van der Waals surface area contributed by atoms with Crippen molar-refractivity contribution >= 4 is 35.0 Å². The maximum absolute atomic E-state index is 12.0. The fourth-order valence-corrected chi connectivity index (χ4v) is 2.63. The van der Waals surface area contributed by atoms with Gasteiger partial charge in [0, 0.05) is 22.6 Å². The molecule has 0 aliphatic heterocycles. The Kier molecular flexibility index (Phi) is 8.61. The lowest BCUT2D eigenvalue weighted by Crippen LogP contribution is -2.44. The fourth-order valence-electron chi connectivity index (χ4n) is 2.40. The van der Waals surface area contributed by atoms with Crippen LogP contribution in [0.15, 0.2) is 36.4 Å². The zero-order valence-electron chi connectivity index (χ0n) is 16.6. The van der Waals surface area contributed by atoms with Crippen LogP contribution in [0.4, 0.5) is 0 Å². The highest BCUT2D eigenvalue weighted by Gasteiger charge is 2.11. The first kappa shape index (κ1) is 22.8. The van der Waals surface area contributed by atoms with Gasteiger partial charge in [-0.1, -0.05) is 23.2 Å². The summed E-state index contributed by atoms with van der Waals surface area (Å²) in [7, 11) is 0. The minimum absolute atomic E-state index is 0.124. The topological polar surface area (TPSA) is 76.7 Å². The van der Waals surface area contributed by atoms with Gasteiger partial charge in [-0.25, -0.2) is 0 Å². The van der Waals surface area contributed by atoms with Crippen LogP contribution in [-0.2, 0) is 9.59 Å². The molecule has 2 rings (SSSR count). The normalized spacial score (nSPS) is 11.5. The summed E-state index contributed by atoms with van der Waals surface area (Å²) in [5.41, 5.74) is 1.74. The highest BCUT2D eigenvalue weighted by Crippen LogP contribution is 2.21. The molecule has 1 unspecified atom stereocenters. The number of amides is 2. The van der Waals surface area contributed by atoms with E-state index < -0.39 is 0 Å². The molecule has 8 heteroatoms. The highest BCUT2D eigenvalue weighted by atomic mass is 35.5. The smallest absolute Gasteiger partial charge is 0.258 e. The van der Waals surface area contributed by atoms with Crippen LogP contribution in [-0.4, -0.2) is 37.6 Å². The van der Waals surface area contributed by atoms with Crippen LogP contribution in [0.5, 0.6) is 11.5 Å². The Balaban J connectivity index is 1.66. The fraction of sp³-hybridized carbons (Fsp3) is 0.333. The van der Waals surface area contributed by atoms with Crippen LogP contribution in [0, 0.1) is 13.8 Å². The van der Waals surface area contributed by atoms with Gasteiger partial charge in [0.15, 0.2) is 13.2 Å². The Labute approximate surface area is 180 Å². The summed E-state index contributed by atoms with van der Waals surface area (Å²) in [5.74, 6) is 0.564. The van der Waals surface area contributed by atoms with Crippen molar-refractivity contribution in [2.24, 2.45) is 0 Å². The zero-order valence-corrected chi connectivity index (χ0v) is 18.1. The second-order valence-electron chi connectivity index (χ2n) is 6.67. The minimum atomic E-state index is -0.286. The van der Waals surface area contributed by atoms with E-state index in [1.165, 1.54) is 0 Å². The van der Waals surface area contributed by atoms with Crippen LogP contribution >= 0.6 is 23.2 Å². The number of halogens is 2. The first-order chi connectivity index (χ1) is 13.7. The van der Waals surface area contributed by atoms with E-state index in [0.29, 0.717) is 21.5 Å². The third kappa shape index (κ3) is 7.83. The molecule has 0 heterocycles. The molecule has 2 aromatic carbocycles. The van der Waals surface area contributed by atoms with E-state index in [2.05, 4.69) is 10.6 Å². The Hall–Kier alpha value is -2.44. The second kappa shape index (κ2) is 10.9. The number of nitrogens with one attached hydrogen (secondary N) is 2. The summed E-state index contributed by atoms with van der Waals surface area (Å²) in [5, 5.41) is 6.75. The first-order valence-electron chi connectivity index (χ1n) is 9.08. The number of aryl methyl sites for hydroxylation is 2. The van der Waals surface area contributed by atoms with Crippen molar-refractivity contribution < 1.29 is 19.1 Å². The summed E-state index contributed by atoms with van der Waals surface area (Å²) in [6, 6.07) is 10.1. The molecule has 29 heavy (non-hydrogen) atoms. The van der Waals surface area contributed by atoms with Crippen molar-refractivity contribution in [3.05, 3.63) is 57.6 Å². The van der Waals surface area contributed by atoms with Crippen molar-refractivity contribution in [3.8, 4) is 11.5 Å². The average molecular weight is 439 g/mol. The number of carbonyl (C=O) groups excluding carboxylic acids is 2. The number of hydrogen-bond acceptors (Lipinski definition) is 4. The van der Waals surface area contributed by atoms with Gasteiger partial charge in [0.2, 0.25) is 0 Å². The molecule has 2 amide bonds. The van der Waals surface area contributed by atoms with E-state index >= 15 is 0 Å². The van der Waals surface area contributed by atoms with Crippen LogP contribution < -0.4 is 20.1 Å². The molecule has 6 nitrogen and oxygen atoms in total. The van der Waals surface area contributed by atoms with Gasteiger partial charge in [-0.15, -0.1) is 0 Å². The van der Waals surface area contributed by atoms with Gasteiger partial charge in [-0.3, -0.25) is 9.59 Å². The quantitative estimate of drug-likeness (QED) is 0.625. The molecular weight excluding hydrogens is 415 g/mol. The molecular formula is C21H24Cl2N2O4. The predicted octanol–water partition coefficient (Wildman–Crippen LogP) is 3.69. The molecule has 0 fully saturated rings. The number of carbonyl (C=O) groups is 2. The molecule has 2 aromatic rings. The summed E-state index contributed by atoms with van der Waals surface area (Å²) in [6.45, 7) is 5.52. The van der Waals surface area contributed by atoms with E-state index in [1.807, 2.05) is 13.8 Å². The number of ether oxygens (including phenoxy) is 2. The monoisotopic (exact) mass is 438 g/mol.